The molecule has 1 unspecified atom stereocenters. The van der Waals surface area contributed by atoms with Crippen LogP contribution in [0.15, 0.2) is 12.7 Å². The quantitative estimate of drug-likeness (QED) is 0.505. The van der Waals surface area contributed by atoms with E-state index < -0.39 is 0 Å². The summed E-state index contributed by atoms with van der Waals surface area (Å²) >= 11 is 0. The van der Waals surface area contributed by atoms with E-state index in [1.54, 1.807) is 0 Å². The van der Waals surface area contributed by atoms with Gasteiger partial charge in [-0.25, -0.2) is 0 Å². The molecule has 0 saturated carbocycles. The maximum Gasteiger partial charge on any atom is 0.227 e. The highest BCUT2D eigenvalue weighted by molar-refractivity contribution is 5.79. The molecule has 0 spiro atoms. The van der Waals surface area contributed by atoms with Crippen LogP contribution in [0, 0.1) is 5.92 Å². The molecule has 0 aromatic heterocycles. The lowest BCUT2D eigenvalue weighted by Crippen LogP contribution is -2.38. The molecule has 98 valence electrons. The Morgan fingerprint density at radius 1 is 1.65 bits per heavy atom. The Balaban J connectivity index is 2.20. The zero-order valence-corrected chi connectivity index (χ0v) is 11.2. The topological polar surface area (TPSA) is 29.5 Å². The third kappa shape index (κ3) is 4.50. The van der Waals surface area contributed by atoms with Gasteiger partial charge in [0.05, 0.1) is 12.5 Å². The minimum absolute atomic E-state index is 0.0146. The van der Waals surface area contributed by atoms with E-state index in [1.165, 1.54) is 0 Å². The summed E-state index contributed by atoms with van der Waals surface area (Å²) in [6, 6.07) is 0.408. The van der Waals surface area contributed by atoms with E-state index in [4.69, 9.17) is 4.74 Å². The molecular weight excluding hydrogens is 214 g/mol. The van der Waals surface area contributed by atoms with E-state index in [1.807, 2.05) is 17.9 Å². The molecule has 0 aromatic carbocycles. The smallest absolute Gasteiger partial charge is 0.227 e. The van der Waals surface area contributed by atoms with Gasteiger partial charge in [-0.3, -0.25) is 4.79 Å². The second-order valence-electron chi connectivity index (χ2n) is 4.93. The first kappa shape index (κ1) is 14.2. The zero-order chi connectivity index (χ0) is 12.7. The van der Waals surface area contributed by atoms with Gasteiger partial charge in [0, 0.05) is 19.2 Å². The Bertz CT molecular complexity index is 253. The number of unbranched alkanes of at least 4 members (excludes halogenated alkanes) is 1. The number of ether oxygens (including phenoxy) is 1. The van der Waals surface area contributed by atoms with Crippen LogP contribution in [0.1, 0.15) is 39.5 Å². The molecule has 17 heavy (non-hydrogen) atoms. The van der Waals surface area contributed by atoms with Gasteiger partial charge in [0.25, 0.3) is 0 Å². The Labute approximate surface area is 105 Å². The maximum atomic E-state index is 12.1. The molecular formula is C14H25NO2. The molecule has 1 aliphatic rings. The van der Waals surface area contributed by atoms with E-state index in [0.29, 0.717) is 12.6 Å². The van der Waals surface area contributed by atoms with E-state index in [0.717, 1.165) is 38.8 Å². The van der Waals surface area contributed by atoms with Crippen molar-refractivity contribution in [2.75, 3.05) is 19.8 Å². The van der Waals surface area contributed by atoms with Gasteiger partial charge >= 0.3 is 0 Å². The van der Waals surface area contributed by atoms with Crippen LogP contribution < -0.4 is 0 Å². The molecule has 0 radical (unpaired) electrons. The van der Waals surface area contributed by atoms with Crippen molar-refractivity contribution in [1.82, 2.24) is 4.90 Å². The number of hydrogen-bond acceptors (Lipinski definition) is 2. The van der Waals surface area contributed by atoms with Crippen molar-refractivity contribution >= 4 is 5.91 Å². The number of allylic oxidation sites excluding steroid dienone is 1. The summed E-state index contributed by atoms with van der Waals surface area (Å²) in [6.45, 7) is 9.93. The number of hydrogen-bond donors (Lipinski definition) is 0. The van der Waals surface area contributed by atoms with E-state index in [2.05, 4.69) is 13.5 Å². The first-order chi connectivity index (χ1) is 8.16. The fourth-order valence-electron chi connectivity index (χ4n) is 2.20. The van der Waals surface area contributed by atoms with Crippen molar-refractivity contribution in [3.8, 4) is 0 Å². The Hall–Kier alpha value is -0.830. The molecule has 3 heteroatoms. The predicted octanol–water partition coefficient (Wildman–Crippen LogP) is 2.62. The predicted molar refractivity (Wildman–Crippen MR) is 69.8 cm³/mol. The summed E-state index contributed by atoms with van der Waals surface area (Å²) in [5.41, 5.74) is 0. The first-order valence-electron chi connectivity index (χ1n) is 6.66. The lowest BCUT2D eigenvalue weighted by atomic mass is 10.1. The van der Waals surface area contributed by atoms with Crippen LogP contribution in [0.25, 0.3) is 0 Å². The molecule has 1 amide bonds. The van der Waals surface area contributed by atoms with Crippen LogP contribution in [0.5, 0.6) is 0 Å². The van der Waals surface area contributed by atoms with Crippen LogP contribution in [0.3, 0.4) is 0 Å². The largest absolute Gasteiger partial charge is 0.381 e. The van der Waals surface area contributed by atoms with Gasteiger partial charge in [-0.15, -0.1) is 6.58 Å². The van der Waals surface area contributed by atoms with Crippen LogP contribution in [-0.4, -0.2) is 36.6 Å². The minimum Gasteiger partial charge on any atom is -0.381 e. The molecule has 0 aliphatic carbocycles. The van der Waals surface area contributed by atoms with Gasteiger partial charge in [0.2, 0.25) is 5.91 Å². The Morgan fingerprint density at radius 2 is 2.41 bits per heavy atom. The van der Waals surface area contributed by atoms with Crippen molar-refractivity contribution < 1.29 is 9.53 Å². The van der Waals surface area contributed by atoms with E-state index in [9.17, 15) is 4.79 Å². The van der Waals surface area contributed by atoms with E-state index >= 15 is 0 Å². The molecule has 1 fully saturated rings. The fourth-order valence-corrected chi connectivity index (χ4v) is 2.20. The van der Waals surface area contributed by atoms with Gasteiger partial charge < -0.3 is 9.64 Å². The number of nitrogens with zero attached hydrogens (tertiary/aromatic N) is 1. The number of likely N-dealkylation sites (tertiary alicyclic amines) is 1. The standard InChI is InChI=1S/C14H25NO2/c1-4-5-6-10-17-11-12(2)14(16)15-9-7-8-13(15)3/h4,12-13H,1,5-11H2,2-3H3/t12-,13?/m0/s1. The SMILES string of the molecule is C=CCCCOC[C@H](C)C(=O)N1CCCC1C. The van der Waals surface area contributed by atoms with Crippen LogP contribution in [0.2, 0.25) is 0 Å². The van der Waals surface area contributed by atoms with Crippen molar-refractivity contribution in [3.05, 3.63) is 12.7 Å². The average Bonchev–Trinajstić information content (AvgIpc) is 2.74. The highest BCUT2D eigenvalue weighted by atomic mass is 16.5. The van der Waals surface area contributed by atoms with Crippen LogP contribution in [0.4, 0.5) is 0 Å². The van der Waals surface area contributed by atoms with Gasteiger partial charge in [0.15, 0.2) is 0 Å². The van der Waals surface area contributed by atoms with Gasteiger partial charge in [-0.2, -0.15) is 0 Å². The number of carbonyl (C=O) groups excluding carboxylic acids is 1. The summed E-state index contributed by atoms with van der Waals surface area (Å²) in [5, 5.41) is 0. The molecule has 3 nitrogen and oxygen atoms in total. The fraction of sp³-hybridized carbons (Fsp3) is 0.786. The average molecular weight is 239 g/mol. The van der Waals surface area contributed by atoms with E-state index in [-0.39, 0.29) is 11.8 Å². The van der Waals surface area contributed by atoms with Crippen LogP contribution in [-0.2, 0) is 9.53 Å². The van der Waals surface area contributed by atoms with Crippen molar-refractivity contribution in [2.45, 2.75) is 45.6 Å². The summed E-state index contributed by atoms with van der Waals surface area (Å²) in [4.78, 5) is 14.1. The summed E-state index contributed by atoms with van der Waals surface area (Å²) < 4.78 is 5.52. The molecule has 0 aromatic rings. The van der Waals surface area contributed by atoms with Crippen molar-refractivity contribution in [1.29, 1.82) is 0 Å². The minimum atomic E-state index is -0.0146. The lowest BCUT2D eigenvalue weighted by molar-refractivity contribution is -0.137. The second kappa shape index (κ2) is 7.49. The van der Waals surface area contributed by atoms with Gasteiger partial charge in [-0.05, 0) is 32.6 Å². The zero-order valence-electron chi connectivity index (χ0n) is 11.2. The van der Waals surface area contributed by atoms with Crippen molar-refractivity contribution in [2.24, 2.45) is 5.92 Å². The summed E-state index contributed by atoms with van der Waals surface area (Å²) in [5.74, 6) is 0.234. The lowest BCUT2D eigenvalue weighted by Gasteiger charge is -2.25. The molecule has 1 rings (SSSR count). The van der Waals surface area contributed by atoms with Crippen molar-refractivity contribution in [3.63, 3.8) is 0 Å². The molecule has 1 aliphatic heterocycles. The molecule has 0 bridgehead atoms. The highest BCUT2D eigenvalue weighted by Gasteiger charge is 2.28. The Kier molecular flexibility index (Phi) is 6.27. The summed E-state index contributed by atoms with van der Waals surface area (Å²) in [6.07, 6.45) is 6.14. The van der Waals surface area contributed by atoms with Crippen LogP contribution >= 0.6 is 0 Å². The second-order valence-corrected chi connectivity index (χ2v) is 4.93. The third-order valence-corrected chi connectivity index (χ3v) is 3.32. The van der Waals surface area contributed by atoms with Gasteiger partial charge in [0.1, 0.15) is 0 Å². The molecule has 0 N–H and O–H groups in total. The van der Waals surface area contributed by atoms with Gasteiger partial charge in [-0.1, -0.05) is 13.0 Å². The Morgan fingerprint density at radius 3 is 3.00 bits per heavy atom. The number of amides is 1. The molecule has 2 atom stereocenters. The number of rotatable bonds is 7. The normalized spacial score (nSPS) is 21.5. The first-order valence-corrected chi connectivity index (χ1v) is 6.66. The summed E-state index contributed by atoms with van der Waals surface area (Å²) in [7, 11) is 0. The number of carbonyl (C=O) groups is 1. The molecule has 1 saturated heterocycles. The monoisotopic (exact) mass is 239 g/mol. The highest BCUT2D eigenvalue weighted by Crippen LogP contribution is 2.19. The third-order valence-electron chi connectivity index (χ3n) is 3.32. The molecule has 1 heterocycles. The maximum absolute atomic E-state index is 12.1.